The summed E-state index contributed by atoms with van der Waals surface area (Å²) in [5.74, 6) is -0.238. The molecule has 0 aliphatic rings. The van der Waals surface area contributed by atoms with Gasteiger partial charge in [-0.15, -0.1) is 0 Å². The van der Waals surface area contributed by atoms with Gasteiger partial charge < -0.3 is 5.32 Å². The van der Waals surface area contributed by atoms with Gasteiger partial charge in [-0.2, -0.15) is 0 Å². The van der Waals surface area contributed by atoms with E-state index in [0.29, 0.717) is 11.6 Å². The molecule has 0 bridgehead atoms. The van der Waals surface area contributed by atoms with Crippen LogP contribution in [-0.2, 0) is 6.54 Å². The Balaban J connectivity index is 2.13. The van der Waals surface area contributed by atoms with Crippen LogP contribution in [-0.4, -0.2) is 0 Å². The monoisotopic (exact) mass is 327 g/mol. The Hall–Kier alpha value is -1.06. The highest BCUT2D eigenvalue weighted by Gasteiger charge is 2.03. The van der Waals surface area contributed by atoms with Gasteiger partial charge in [0.15, 0.2) is 0 Å². The van der Waals surface area contributed by atoms with Crippen LogP contribution in [0.4, 0.5) is 10.1 Å². The molecule has 0 amide bonds. The van der Waals surface area contributed by atoms with E-state index in [-0.39, 0.29) is 5.82 Å². The Morgan fingerprint density at radius 1 is 1.22 bits per heavy atom. The number of halogens is 3. The molecule has 94 valence electrons. The Kier molecular flexibility index (Phi) is 4.25. The minimum absolute atomic E-state index is 0.238. The van der Waals surface area contributed by atoms with Crippen LogP contribution in [0, 0.1) is 12.7 Å². The Morgan fingerprint density at radius 3 is 2.72 bits per heavy atom. The molecule has 2 rings (SSSR count). The zero-order valence-electron chi connectivity index (χ0n) is 9.81. The van der Waals surface area contributed by atoms with E-state index in [0.717, 1.165) is 21.3 Å². The second kappa shape index (κ2) is 5.72. The third kappa shape index (κ3) is 3.24. The normalized spacial score (nSPS) is 10.4. The summed E-state index contributed by atoms with van der Waals surface area (Å²) in [6.45, 7) is 2.56. The van der Waals surface area contributed by atoms with Gasteiger partial charge in [-0.05, 0) is 42.3 Å². The van der Waals surface area contributed by atoms with Crippen molar-refractivity contribution in [2.45, 2.75) is 13.5 Å². The largest absolute Gasteiger partial charge is 0.381 e. The highest BCUT2D eigenvalue weighted by Crippen LogP contribution is 2.23. The second-order valence-electron chi connectivity index (χ2n) is 4.05. The maximum absolute atomic E-state index is 13.1. The quantitative estimate of drug-likeness (QED) is 0.820. The molecule has 2 aromatic carbocycles. The lowest BCUT2D eigenvalue weighted by Crippen LogP contribution is -2.02. The average Bonchev–Trinajstić information content (AvgIpc) is 2.32. The lowest BCUT2D eigenvalue weighted by molar-refractivity contribution is 0.628. The van der Waals surface area contributed by atoms with Crippen LogP contribution in [0.15, 0.2) is 40.9 Å². The third-order valence-corrected chi connectivity index (χ3v) is 3.66. The predicted molar refractivity (Wildman–Crippen MR) is 77.6 cm³/mol. The van der Waals surface area contributed by atoms with Crippen LogP contribution < -0.4 is 5.32 Å². The zero-order valence-corrected chi connectivity index (χ0v) is 12.1. The molecule has 4 heteroatoms. The first-order valence-corrected chi connectivity index (χ1v) is 6.67. The molecule has 18 heavy (non-hydrogen) atoms. The van der Waals surface area contributed by atoms with Gasteiger partial charge in [-0.1, -0.05) is 39.7 Å². The molecule has 0 radical (unpaired) electrons. The minimum atomic E-state index is -0.238. The zero-order chi connectivity index (χ0) is 13.1. The first-order chi connectivity index (χ1) is 8.56. The van der Waals surface area contributed by atoms with Crippen molar-refractivity contribution in [1.82, 2.24) is 0 Å². The van der Waals surface area contributed by atoms with Crippen molar-refractivity contribution in [3.05, 3.63) is 62.8 Å². The molecule has 0 unspecified atom stereocenters. The van der Waals surface area contributed by atoms with Gasteiger partial charge in [0.05, 0.1) is 0 Å². The van der Waals surface area contributed by atoms with Crippen molar-refractivity contribution in [2.24, 2.45) is 0 Å². The molecule has 0 aromatic heterocycles. The van der Waals surface area contributed by atoms with Gasteiger partial charge in [-0.25, -0.2) is 4.39 Å². The summed E-state index contributed by atoms with van der Waals surface area (Å²) in [6, 6.07) is 10.3. The van der Waals surface area contributed by atoms with Gasteiger partial charge in [0.25, 0.3) is 0 Å². The molecule has 0 saturated carbocycles. The Labute approximate surface area is 119 Å². The topological polar surface area (TPSA) is 12.0 Å². The maximum Gasteiger partial charge on any atom is 0.125 e. The number of hydrogen-bond acceptors (Lipinski definition) is 1. The summed E-state index contributed by atoms with van der Waals surface area (Å²) < 4.78 is 14.1. The van der Waals surface area contributed by atoms with Crippen LogP contribution in [0.2, 0.25) is 5.02 Å². The molecule has 0 spiro atoms. The van der Waals surface area contributed by atoms with Gasteiger partial charge in [-0.3, -0.25) is 0 Å². The predicted octanol–water partition coefficient (Wildman–Crippen LogP) is 5.16. The van der Waals surface area contributed by atoms with Crippen molar-refractivity contribution in [3.63, 3.8) is 0 Å². The van der Waals surface area contributed by atoms with Crippen molar-refractivity contribution in [3.8, 4) is 0 Å². The molecule has 0 heterocycles. The number of aryl methyl sites for hydroxylation is 1. The van der Waals surface area contributed by atoms with E-state index in [1.165, 1.54) is 12.1 Å². The average molecular weight is 329 g/mol. The molecule has 1 nitrogen and oxygen atoms in total. The summed E-state index contributed by atoms with van der Waals surface area (Å²) in [6.07, 6.45) is 0. The van der Waals surface area contributed by atoms with Gasteiger partial charge >= 0.3 is 0 Å². The Bertz CT molecular complexity index is 572. The lowest BCUT2D eigenvalue weighted by Gasteiger charge is -2.11. The van der Waals surface area contributed by atoms with E-state index in [1.807, 2.05) is 25.1 Å². The highest BCUT2D eigenvalue weighted by atomic mass is 79.9. The first kappa shape index (κ1) is 13.4. The summed E-state index contributed by atoms with van der Waals surface area (Å²) >= 11 is 9.34. The first-order valence-electron chi connectivity index (χ1n) is 5.50. The molecule has 0 fully saturated rings. The summed E-state index contributed by atoms with van der Waals surface area (Å²) in [4.78, 5) is 0. The number of hydrogen-bond donors (Lipinski definition) is 1. The van der Waals surface area contributed by atoms with Crippen molar-refractivity contribution in [1.29, 1.82) is 0 Å². The second-order valence-corrected chi connectivity index (χ2v) is 5.34. The summed E-state index contributed by atoms with van der Waals surface area (Å²) in [7, 11) is 0. The third-order valence-electron chi connectivity index (χ3n) is 2.68. The number of anilines is 1. The highest BCUT2D eigenvalue weighted by molar-refractivity contribution is 9.10. The molecular weight excluding hydrogens is 317 g/mol. The molecule has 0 aliphatic carbocycles. The number of rotatable bonds is 3. The SMILES string of the molecule is Cc1ccc(F)cc1NCc1ccc(Cl)cc1Br. The number of nitrogens with one attached hydrogen (secondary N) is 1. The molecule has 2 aromatic rings. The van der Waals surface area contributed by atoms with Crippen molar-refractivity contribution >= 4 is 33.2 Å². The smallest absolute Gasteiger partial charge is 0.125 e. The molecule has 0 saturated heterocycles. The fourth-order valence-corrected chi connectivity index (χ4v) is 2.46. The fraction of sp³-hybridized carbons (Fsp3) is 0.143. The van der Waals surface area contributed by atoms with E-state index >= 15 is 0 Å². The van der Waals surface area contributed by atoms with E-state index in [1.54, 1.807) is 6.07 Å². The van der Waals surface area contributed by atoms with Gasteiger partial charge in [0, 0.05) is 21.7 Å². The van der Waals surface area contributed by atoms with Crippen LogP contribution in [0.25, 0.3) is 0 Å². The molecule has 1 N–H and O–H groups in total. The molecule has 0 atom stereocenters. The maximum atomic E-state index is 13.1. The van der Waals surface area contributed by atoms with Crippen molar-refractivity contribution in [2.75, 3.05) is 5.32 Å². The minimum Gasteiger partial charge on any atom is -0.381 e. The standard InChI is InChI=1S/C14H12BrClFN/c1-9-2-5-12(17)7-14(9)18-8-10-3-4-11(16)6-13(10)15/h2-7,18H,8H2,1H3. The van der Waals surface area contributed by atoms with Crippen LogP contribution in [0.5, 0.6) is 0 Å². The van der Waals surface area contributed by atoms with E-state index in [2.05, 4.69) is 21.2 Å². The van der Waals surface area contributed by atoms with Gasteiger partial charge in [0.2, 0.25) is 0 Å². The van der Waals surface area contributed by atoms with E-state index in [4.69, 9.17) is 11.6 Å². The Morgan fingerprint density at radius 2 is 2.00 bits per heavy atom. The molecule has 0 aliphatic heterocycles. The van der Waals surface area contributed by atoms with Crippen LogP contribution in [0.1, 0.15) is 11.1 Å². The lowest BCUT2D eigenvalue weighted by atomic mass is 10.1. The van der Waals surface area contributed by atoms with Crippen LogP contribution >= 0.6 is 27.5 Å². The summed E-state index contributed by atoms with van der Waals surface area (Å²) in [5.41, 5.74) is 2.89. The van der Waals surface area contributed by atoms with E-state index in [9.17, 15) is 4.39 Å². The van der Waals surface area contributed by atoms with Gasteiger partial charge in [0.1, 0.15) is 5.82 Å². The number of benzene rings is 2. The fourth-order valence-electron chi connectivity index (χ4n) is 1.64. The van der Waals surface area contributed by atoms with E-state index < -0.39 is 0 Å². The van der Waals surface area contributed by atoms with Crippen molar-refractivity contribution < 1.29 is 4.39 Å². The molecular formula is C14H12BrClFN. The summed E-state index contributed by atoms with van der Waals surface area (Å²) in [5, 5.41) is 3.90. The van der Waals surface area contributed by atoms with Crippen LogP contribution in [0.3, 0.4) is 0 Å².